The minimum Gasteiger partial charge on any atom is -0.306 e. The predicted octanol–water partition coefficient (Wildman–Crippen LogP) is 7.44. The van der Waals surface area contributed by atoms with Gasteiger partial charge in [-0.2, -0.15) is 0 Å². The molecule has 0 aliphatic heterocycles. The molecule has 1 nitrogen and oxygen atoms in total. The van der Waals surface area contributed by atoms with Gasteiger partial charge in [0.1, 0.15) is 0 Å². The third-order valence-corrected chi connectivity index (χ3v) is 5.19. The van der Waals surface area contributed by atoms with Crippen molar-refractivity contribution < 1.29 is 0 Å². The summed E-state index contributed by atoms with van der Waals surface area (Å²) in [5.41, 5.74) is 1.47. The molecule has 0 amide bonds. The third-order valence-electron chi connectivity index (χ3n) is 5.19. The summed E-state index contributed by atoms with van der Waals surface area (Å²) in [7, 11) is 4.46. The normalized spacial score (nSPS) is 12.2. The molecule has 0 saturated heterocycles. The van der Waals surface area contributed by atoms with E-state index in [4.69, 9.17) is 0 Å². The van der Waals surface area contributed by atoms with Crippen LogP contribution in [0.4, 0.5) is 0 Å². The standard InChI is InChI=1S/C23H41N.BrH/c1-4-5-6-7-8-9-10-11-12-13-17-20-23(24(2)3)21-22-18-15-14-16-19-22;/h14-16,18-19,23H,4-13,17,20-21H2,1-3H3;1H. The van der Waals surface area contributed by atoms with Gasteiger partial charge in [-0.3, -0.25) is 0 Å². The number of unbranched alkanes of at least 4 members (excludes halogenated alkanes) is 10. The second-order valence-electron chi connectivity index (χ2n) is 7.63. The van der Waals surface area contributed by atoms with Gasteiger partial charge in [0.2, 0.25) is 0 Å². The Balaban J connectivity index is 0.00000576. The van der Waals surface area contributed by atoms with Crippen molar-refractivity contribution in [1.82, 2.24) is 4.90 Å². The summed E-state index contributed by atoms with van der Waals surface area (Å²) in [6.07, 6.45) is 18.2. The van der Waals surface area contributed by atoms with Crippen LogP contribution in [0, 0.1) is 0 Å². The Morgan fingerprint density at radius 1 is 0.720 bits per heavy atom. The average Bonchev–Trinajstić information content (AvgIpc) is 2.59. The predicted molar refractivity (Wildman–Crippen MR) is 119 cm³/mol. The highest BCUT2D eigenvalue weighted by atomic mass is 79.9. The number of halogens is 1. The second kappa shape index (κ2) is 17.1. The molecule has 1 aromatic rings. The molecule has 1 aromatic carbocycles. The van der Waals surface area contributed by atoms with Crippen molar-refractivity contribution in [1.29, 1.82) is 0 Å². The number of likely N-dealkylation sites (N-methyl/N-ethyl adjacent to an activating group) is 1. The van der Waals surface area contributed by atoms with E-state index in [1.165, 1.54) is 89.0 Å². The van der Waals surface area contributed by atoms with Crippen LogP contribution >= 0.6 is 17.0 Å². The van der Waals surface area contributed by atoms with Gasteiger partial charge in [0, 0.05) is 6.04 Å². The number of nitrogens with zero attached hydrogens (tertiary/aromatic N) is 1. The van der Waals surface area contributed by atoms with Crippen molar-refractivity contribution in [2.45, 2.75) is 96.4 Å². The summed E-state index contributed by atoms with van der Waals surface area (Å²) in [5, 5.41) is 0. The van der Waals surface area contributed by atoms with Crippen molar-refractivity contribution in [2.75, 3.05) is 14.1 Å². The maximum absolute atomic E-state index is 2.41. The molecule has 0 radical (unpaired) electrons. The summed E-state index contributed by atoms with van der Waals surface area (Å²) in [5.74, 6) is 0. The van der Waals surface area contributed by atoms with E-state index in [2.05, 4.69) is 56.3 Å². The third kappa shape index (κ3) is 13.5. The number of hydrogen-bond acceptors (Lipinski definition) is 1. The molecule has 0 aliphatic rings. The fraction of sp³-hybridized carbons (Fsp3) is 0.739. The molecule has 0 heterocycles. The molecular formula is C23H42BrN. The van der Waals surface area contributed by atoms with Crippen LogP contribution in [0.3, 0.4) is 0 Å². The van der Waals surface area contributed by atoms with Crippen LogP contribution < -0.4 is 0 Å². The fourth-order valence-corrected chi connectivity index (χ4v) is 3.47. The van der Waals surface area contributed by atoms with E-state index in [0.717, 1.165) is 0 Å². The molecule has 1 atom stereocenters. The Kier molecular flexibility index (Phi) is 16.9. The van der Waals surface area contributed by atoms with E-state index >= 15 is 0 Å². The summed E-state index contributed by atoms with van der Waals surface area (Å²) in [4.78, 5) is 2.41. The van der Waals surface area contributed by atoms with Gasteiger partial charge in [-0.25, -0.2) is 0 Å². The molecule has 2 heteroatoms. The lowest BCUT2D eigenvalue weighted by Gasteiger charge is -2.24. The summed E-state index contributed by atoms with van der Waals surface area (Å²) in [6.45, 7) is 2.29. The molecule has 25 heavy (non-hydrogen) atoms. The van der Waals surface area contributed by atoms with Crippen molar-refractivity contribution in [2.24, 2.45) is 0 Å². The molecule has 0 saturated carbocycles. The lowest BCUT2D eigenvalue weighted by atomic mass is 9.98. The Bertz CT molecular complexity index is 377. The van der Waals surface area contributed by atoms with Crippen molar-refractivity contribution in [3.05, 3.63) is 35.9 Å². The topological polar surface area (TPSA) is 3.24 Å². The zero-order valence-corrected chi connectivity index (χ0v) is 18.7. The number of benzene rings is 1. The van der Waals surface area contributed by atoms with Crippen LogP contribution in [0.25, 0.3) is 0 Å². The van der Waals surface area contributed by atoms with Gasteiger partial charge in [0.25, 0.3) is 0 Å². The Morgan fingerprint density at radius 3 is 1.68 bits per heavy atom. The van der Waals surface area contributed by atoms with Crippen LogP contribution in [-0.2, 0) is 6.42 Å². The van der Waals surface area contributed by atoms with Crippen LogP contribution in [-0.4, -0.2) is 25.0 Å². The Hall–Kier alpha value is -0.340. The molecule has 0 fully saturated rings. The van der Waals surface area contributed by atoms with E-state index in [9.17, 15) is 0 Å². The summed E-state index contributed by atoms with van der Waals surface area (Å²) < 4.78 is 0. The van der Waals surface area contributed by atoms with E-state index in [1.807, 2.05) is 0 Å². The van der Waals surface area contributed by atoms with Crippen molar-refractivity contribution in [3.63, 3.8) is 0 Å². The van der Waals surface area contributed by atoms with Gasteiger partial charge in [0.15, 0.2) is 0 Å². The van der Waals surface area contributed by atoms with Crippen LogP contribution in [0.1, 0.15) is 89.5 Å². The maximum Gasteiger partial charge on any atom is 0.0130 e. The van der Waals surface area contributed by atoms with Crippen LogP contribution in [0.5, 0.6) is 0 Å². The van der Waals surface area contributed by atoms with Crippen LogP contribution in [0.2, 0.25) is 0 Å². The first kappa shape index (κ1) is 24.7. The summed E-state index contributed by atoms with van der Waals surface area (Å²) in [6, 6.07) is 11.6. The van der Waals surface area contributed by atoms with Gasteiger partial charge in [-0.1, -0.05) is 108 Å². The highest BCUT2D eigenvalue weighted by Gasteiger charge is 2.11. The average molecular weight is 413 g/mol. The lowest BCUT2D eigenvalue weighted by molar-refractivity contribution is 0.269. The largest absolute Gasteiger partial charge is 0.306 e. The van der Waals surface area contributed by atoms with Gasteiger partial charge in [-0.05, 0) is 32.5 Å². The van der Waals surface area contributed by atoms with Crippen LogP contribution in [0.15, 0.2) is 30.3 Å². The first-order valence-electron chi connectivity index (χ1n) is 10.4. The smallest absolute Gasteiger partial charge is 0.0130 e. The Labute approximate surface area is 168 Å². The van der Waals surface area contributed by atoms with Gasteiger partial charge in [0.05, 0.1) is 0 Å². The zero-order chi connectivity index (χ0) is 17.5. The zero-order valence-electron chi connectivity index (χ0n) is 17.0. The molecule has 0 bridgehead atoms. The molecule has 0 spiro atoms. The monoisotopic (exact) mass is 411 g/mol. The summed E-state index contributed by atoms with van der Waals surface area (Å²) >= 11 is 0. The molecule has 0 aromatic heterocycles. The van der Waals surface area contributed by atoms with E-state index in [0.29, 0.717) is 6.04 Å². The molecule has 0 N–H and O–H groups in total. The quantitative estimate of drug-likeness (QED) is 0.271. The fourth-order valence-electron chi connectivity index (χ4n) is 3.47. The number of hydrogen-bond donors (Lipinski definition) is 0. The van der Waals surface area contributed by atoms with Crippen molar-refractivity contribution in [3.8, 4) is 0 Å². The van der Waals surface area contributed by atoms with E-state index in [1.54, 1.807) is 0 Å². The highest BCUT2D eigenvalue weighted by Crippen LogP contribution is 2.16. The molecule has 0 aliphatic carbocycles. The SMILES string of the molecule is Br.CCCCCCCCCCCCCC(Cc1ccccc1)N(C)C. The van der Waals surface area contributed by atoms with Crippen molar-refractivity contribution >= 4 is 17.0 Å². The maximum atomic E-state index is 2.41. The minimum atomic E-state index is 0. The van der Waals surface area contributed by atoms with E-state index < -0.39 is 0 Å². The first-order valence-corrected chi connectivity index (χ1v) is 10.4. The highest BCUT2D eigenvalue weighted by molar-refractivity contribution is 8.93. The second-order valence-corrected chi connectivity index (χ2v) is 7.63. The molecule has 1 rings (SSSR count). The first-order chi connectivity index (χ1) is 11.7. The van der Waals surface area contributed by atoms with Gasteiger partial charge >= 0.3 is 0 Å². The van der Waals surface area contributed by atoms with E-state index in [-0.39, 0.29) is 17.0 Å². The molecule has 146 valence electrons. The molecule has 1 unspecified atom stereocenters. The molecular weight excluding hydrogens is 370 g/mol. The van der Waals surface area contributed by atoms with Gasteiger partial charge in [-0.15, -0.1) is 17.0 Å². The lowest BCUT2D eigenvalue weighted by Crippen LogP contribution is -2.30. The van der Waals surface area contributed by atoms with Gasteiger partial charge < -0.3 is 4.90 Å². The Morgan fingerprint density at radius 2 is 1.20 bits per heavy atom. The number of rotatable bonds is 15. The minimum absolute atomic E-state index is 0.